The van der Waals surface area contributed by atoms with E-state index in [1.165, 1.54) is 0 Å². The summed E-state index contributed by atoms with van der Waals surface area (Å²) < 4.78 is 23.9. The van der Waals surface area contributed by atoms with E-state index in [9.17, 15) is 8.42 Å². The predicted octanol–water partition coefficient (Wildman–Crippen LogP) is -0.0761. The van der Waals surface area contributed by atoms with Gasteiger partial charge in [-0.05, 0) is 19.4 Å². The Balaban J connectivity index is 3.54. The molecule has 0 radical (unpaired) electrons. The third-order valence-corrected chi connectivity index (χ3v) is 3.41. The molecule has 16 heavy (non-hydrogen) atoms. The number of hydrogen-bond acceptors (Lipinski definition) is 4. The van der Waals surface area contributed by atoms with E-state index in [-0.39, 0.29) is 12.0 Å². The molecule has 0 rings (SSSR count). The number of hydrogen-bond donors (Lipinski definition) is 3. The molecule has 0 aliphatic rings. The van der Waals surface area contributed by atoms with Gasteiger partial charge < -0.3 is 10.4 Å². The Bertz CT molecular complexity index is 274. The highest BCUT2D eigenvalue weighted by atomic mass is 32.2. The lowest BCUT2D eigenvalue weighted by atomic mass is 9.89. The summed E-state index contributed by atoms with van der Waals surface area (Å²) in [4.78, 5) is 0. The fourth-order valence-electron chi connectivity index (χ4n) is 1.15. The first kappa shape index (κ1) is 15.8. The van der Waals surface area contributed by atoms with Crippen LogP contribution in [0.5, 0.6) is 0 Å². The van der Waals surface area contributed by atoms with Crippen LogP contribution < -0.4 is 10.0 Å². The second kappa shape index (κ2) is 7.21. The Morgan fingerprint density at radius 1 is 1.31 bits per heavy atom. The van der Waals surface area contributed by atoms with Gasteiger partial charge in [0.05, 0.1) is 6.26 Å². The van der Waals surface area contributed by atoms with Crippen molar-refractivity contribution in [2.75, 3.05) is 32.5 Å². The van der Waals surface area contributed by atoms with Crippen molar-refractivity contribution in [2.45, 2.75) is 26.7 Å². The van der Waals surface area contributed by atoms with E-state index < -0.39 is 10.0 Å². The zero-order valence-corrected chi connectivity index (χ0v) is 11.2. The molecule has 0 fully saturated rings. The van der Waals surface area contributed by atoms with E-state index >= 15 is 0 Å². The lowest BCUT2D eigenvalue weighted by molar-refractivity contribution is 0.135. The molecule has 0 aliphatic carbocycles. The third kappa shape index (κ3) is 8.04. The SMILES string of the molecule is CCC(C)(CO)CNCCCNS(C)(=O)=O. The summed E-state index contributed by atoms with van der Waals surface area (Å²) in [5.41, 5.74) is -0.0791. The topological polar surface area (TPSA) is 78.4 Å². The minimum atomic E-state index is -3.07. The van der Waals surface area contributed by atoms with Crippen LogP contribution in [0.25, 0.3) is 0 Å². The Morgan fingerprint density at radius 3 is 2.38 bits per heavy atom. The molecule has 1 atom stereocenters. The van der Waals surface area contributed by atoms with Gasteiger partial charge in [0.25, 0.3) is 0 Å². The van der Waals surface area contributed by atoms with E-state index in [0.29, 0.717) is 6.54 Å². The number of aliphatic hydroxyl groups is 1. The van der Waals surface area contributed by atoms with Crippen molar-refractivity contribution in [3.05, 3.63) is 0 Å². The average Bonchev–Trinajstić information content (AvgIpc) is 2.21. The number of sulfonamides is 1. The van der Waals surface area contributed by atoms with E-state index in [1.54, 1.807) is 0 Å². The van der Waals surface area contributed by atoms with Crippen LogP contribution in [-0.2, 0) is 10.0 Å². The number of nitrogens with one attached hydrogen (secondary N) is 2. The second-order valence-electron chi connectivity index (χ2n) is 4.52. The maximum absolute atomic E-state index is 10.8. The molecule has 0 amide bonds. The van der Waals surface area contributed by atoms with Crippen molar-refractivity contribution in [1.29, 1.82) is 0 Å². The Kier molecular flexibility index (Phi) is 7.14. The molecule has 0 heterocycles. The van der Waals surface area contributed by atoms with Gasteiger partial charge in [0, 0.05) is 25.1 Å². The van der Waals surface area contributed by atoms with Crippen molar-refractivity contribution < 1.29 is 13.5 Å². The Labute approximate surface area is 98.7 Å². The van der Waals surface area contributed by atoms with Crippen LogP contribution in [0.3, 0.4) is 0 Å². The highest BCUT2D eigenvalue weighted by Crippen LogP contribution is 2.17. The molecular formula is C10H24N2O3S. The van der Waals surface area contributed by atoms with Gasteiger partial charge in [0.1, 0.15) is 0 Å². The average molecular weight is 252 g/mol. The summed E-state index contributed by atoms with van der Waals surface area (Å²) in [5.74, 6) is 0. The van der Waals surface area contributed by atoms with Crippen LogP contribution in [0.4, 0.5) is 0 Å². The molecule has 0 spiro atoms. The van der Waals surface area contributed by atoms with Gasteiger partial charge >= 0.3 is 0 Å². The number of aliphatic hydroxyl groups excluding tert-OH is 1. The van der Waals surface area contributed by atoms with E-state index in [0.717, 1.165) is 32.2 Å². The third-order valence-electron chi connectivity index (χ3n) is 2.68. The minimum absolute atomic E-state index is 0.0791. The summed E-state index contributed by atoms with van der Waals surface area (Å²) >= 11 is 0. The smallest absolute Gasteiger partial charge is 0.208 e. The molecule has 0 saturated heterocycles. The van der Waals surface area contributed by atoms with Crippen molar-refractivity contribution in [2.24, 2.45) is 5.41 Å². The van der Waals surface area contributed by atoms with Crippen molar-refractivity contribution in [1.82, 2.24) is 10.0 Å². The van der Waals surface area contributed by atoms with Crippen LogP contribution >= 0.6 is 0 Å². The van der Waals surface area contributed by atoms with Crippen LogP contribution in [-0.4, -0.2) is 46.0 Å². The van der Waals surface area contributed by atoms with E-state index in [1.807, 2.05) is 13.8 Å². The van der Waals surface area contributed by atoms with Gasteiger partial charge in [-0.3, -0.25) is 0 Å². The number of rotatable bonds is 9. The molecule has 0 aromatic rings. The van der Waals surface area contributed by atoms with Gasteiger partial charge in [0.15, 0.2) is 0 Å². The van der Waals surface area contributed by atoms with E-state index in [4.69, 9.17) is 5.11 Å². The first-order valence-electron chi connectivity index (χ1n) is 5.59. The fourth-order valence-corrected chi connectivity index (χ4v) is 1.67. The van der Waals surface area contributed by atoms with E-state index in [2.05, 4.69) is 10.0 Å². The monoisotopic (exact) mass is 252 g/mol. The maximum Gasteiger partial charge on any atom is 0.208 e. The molecule has 0 aromatic carbocycles. The molecular weight excluding hydrogens is 228 g/mol. The molecule has 98 valence electrons. The fraction of sp³-hybridized carbons (Fsp3) is 1.00. The van der Waals surface area contributed by atoms with Gasteiger partial charge in [-0.2, -0.15) is 0 Å². The second-order valence-corrected chi connectivity index (χ2v) is 6.35. The molecule has 5 nitrogen and oxygen atoms in total. The van der Waals surface area contributed by atoms with Crippen LogP contribution in [0.15, 0.2) is 0 Å². The molecule has 0 bridgehead atoms. The van der Waals surface area contributed by atoms with Gasteiger partial charge in [0.2, 0.25) is 10.0 Å². The molecule has 3 N–H and O–H groups in total. The summed E-state index contributed by atoms with van der Waals surface area (Å²) in [6, 6.07) is 0. The summed E-state index contributed by atoms with van der Waals surface area (Å²) in [5, 5.41) is 12.4. The van der Waals surface area contributed by atoms with Crippen LogP contribution in [0.2, 0.25) is 0 Å². The molecule has 0 saturated carbocycles. The molecule has 6 heteroatoms. The minimum Gasteiger partial charge on any atom is -0.396 e. The van der Waals surface area contributed by atoms with Crippen molar-refractivity contribution in [3.63, 3.8) is 0 Å². The largest absolute Gasteiger partial charge is 0.396 e. The zero-order valence-electron chi connectivity index (χ0n) is 10.4. The predicted molar refractivity (Wildman–Crippen MR) is 65.8 cm³/mol. The standard InChI is InChI=1S/C10H24N2O3S/c1-4-10(2,9-13)8-11-6-5-7-12-16(3,14)15/h11-13H,4-9H2,1-3H3. The van der Waals surface area contributed by atoms with Crippen molar-refractivity contribution >= 4 is 10.0 Å². The molecule has 1 unspecified atom stereocenters. The highest BCUT2D eigenvalue weighted by molar-refractivity contribution is 7.88. The summed E-state index contributed by atoms with van der Waals surface area (Å²) in [7, 11) is -3.07. The van der Waals surface area contributed by atoms with Crippen LogP contribution in [0, 0.1) is 5.41 Å². The first-order chi connectivity index (χ1) is 7.33. The Morgan fingerprint density at radius 2 is 1.94 bits per heavy atom. The lowest BCUT2D eigenvalue weighted by Gasteiger charge is -2.25. The molecule has 0 aromatic heterocycles. The first-order valence-corrected chi connectivity index (χ1v) is 7.48. The lowest BCUT2D eigenvalue weighted by Crippen LogP contribution is -2.35. The summed E-state index contributed by atoms with van der Waals surface area (Å²) in [6.07, 6.45) is 2.82. The van der Waals surface area contributed by atoms with Gasteiger partial charge in [-0.15, -0.1) is 0 Å². The van der Waals surface area contributed by atoms with Crippen LogP contribution in [0.1, 0.15) is 26.7 Å². The highest BCUT2D eigenvalue weighted by Gasteiger charge is 2.19. The maximum atomic E-state index is 10.8. The summed E-state index contributed by atoms with van der Waals surface area (Å²) in [6.45, 7) is 6.18. The molecule has 0 aliphatic heterocycles. The normalized spacial score (nSPS) is 16.0. The van der Waals surface area contributed by atoms with Gasteiger partial charge in [-0.25, -0.2) is 13.1 Å². The Hall–Kier alpha value is -0.170. The van der Waals surface area contributed by atoms with Crippen molar-refractivity contribution in [3.8, 4) is 0 Å². The van der Waals surface area contributed by atoms with Gasteiger partial charge in [-0.1, -0.05) is 13.8 Å². The zero-order chi connectivity index (χ0) is 12.7. The quantitative estimate of drug-likeness (QED) is 0.502.